The number of nitrogens with zero attached hydrogens (tertiary/aromatic N) is 1. The zero-order valence-corrected chi connectivity index (χ0v) is 11.1. The summed E-state index contributed by atoms with van der Waals surface area (Å²) in [5, 5.41) is 1.24. The van der Waals surface area contributed by atoms with Gasteiger partial charge in [0.1, 0.15) is 0 Å². The molecule has 2 aromatic rings. The minimum absolute atomic E-state index is 0.363. The normalized spacial score (nSPS) is 27.8. The van der Waals surface area contributed by atoms with Gasteiger partial charge in [-0.25, -0.2) is 0 Å². The molecule has 3 unspecified atom stereocenters. The van der Waals surface area contributed by atoms with E-state index in [1.807, 2.05) is 6.92 Å². The molecule has 2 heteroatoms. The molecule has 3 atom stereocenters. The molecule has 0 bridgehead atoms. The molecule has 1 aromatic heterocycles. The number of rotatable bonds is 1. The van der Waals surface area contributed by atoms with E-state index in [2.05, 4.69) is 42.2 Å². The third kappa shape index (κ3) is 1.91. The van der Waals surface area contributed by atoms with Crippen LogP contribution in [0.15, 0.2) is 30.3 Å². The Hall–Kier alpha value is -1.41. The molecule has 0 saturated heterocycles. The van der Waals surface area contributed by atoms with Crippen molar-refractivity contribution in [2.24, 2.45) is 11.7 Å². The van der Waals surface area contributed by atoms with Gasteiger partial charge in [-0.15, -0.1) is 0 Å². The van der Waals surface area contributed by atoms with Crippen LogP contribution in [0.2, 0.25) is 0 Å². The second-order valence-corrected chi connectivity index (χ2v) is 5.61. The average molecular weight is 240 g/mol. The van der Waals surface area contributed by atoms with Crippen LogP contribution in [-0.2, 0) is 0 Å². The lowest BCUT2D eigenvalue weighted by Crippen LogP contribution is -2.24. The standard InChI is InChI=1S/C16H20N2/c1-10-3-4-13-9-12(5-8-16(13)18-10)14-6-7-15(17)11(14)2/h3-5,8-9,11,14-15H,6-7,17H2,1-2H3. The van der Waals surface area contributed by atoms with Crippen LogP contribution in [0.3, 0.4) is 0 Å². The Morgan fingerprint density at radius 1 is 1.17 bits per heavy atom. The Morgan fingerprint density at radius 3 is 2.72 bits per heavy atom. The molecule has 1 saturated carbocycles. The van der Waals surface area contributed by atoms with Gasteiger partial charge in [-0.3, -0.25) is 4.98 Å². The Morgan fingerprint density at radius 2 is 2.00 bits per heavy atom. The van der Waals surface area contributed by atoms with Gasteiger partial charge in [-0.2, -0.15) is 0 Å². The second-order valence-electron chi connectivity index (χ2n) is 5.61. The lowest BCUT2D eigenvalue weighted by Gasteiger charge is -2.18. The Balaban J connectivity index is 2.01. The number of fused-ring (bicyclic) bond motifs is 1. The first-order valence-corrected chi connectivity index (χ1v) is 6.78. The molecule has 1 heterocycles. The highest BCUT2D eigenvalue weighted by molar-refractivity contribution is 5.79. The fourth-order valence-corrected chi connectivity index (χ4v) is 3.14. The molecule has 0 aliphatic heterocycles. The van der Waals surface area contributed by atoms with E-state index in [1.54, 1.807) is 0 Å². The van der Waals surface area contributed by atoms with Crippen molar-refractivity contribution in [3.8, 4) is 0 Å². The van der Waals surface area contributed by atoms with E-state index in [0.29, 0.717) is 17.9 Å². The van der Waals surface area contributed by atoms with Crippen molar-refractivity contribution in [3.63, 3.8) is 0 Å². The van der Waals surface area contributed by atoms with Crippen molar-refractivity contribution in [1.29, 1.82) is 0 Å². The number of hydrogen-bond donors (Lipinski definition) is 1. The zero-order chi connectivity index (χ0) is 12.7. The minimum Gasteiger partial charge on any atom is -0.327 e. The van der Waals surface area contributed by atoms with Crippen LogP contribution in [-0.4, -0.2) is 11.0 Å². The first-order valence-electron chi connectivity index (χ1n) is 6.78. The average Bonchev–Trinajstić information content (AvgIpc) is 2.69. The molecular formula is C16H20N2. The predicted octanol–water partition coefficient (Wildman–Crippen LogP) is 3.38. The van der Waals surface area contributed by atoms with Gasteiger partial charge in [0.05, 0.1) is 5.52 Å². The highest BCUT2D eigenvalue weighted by Gasteiger charge is 2.31. The van der Waals surface area contributed by atoms with Gasteiger partial charge in [0, 0.05) is 17.1 Å². The topological polar surface area (TPSA) is 38.9 Å². The van der Waals surface area contributed by atoms with Crippen LogP contribution in [0.1, 0.15) is 36.9 Å². The molecule has 18 heavy (non-hydrogen) atoms. The van der Waals surface area contributed by atoms with Crippen molar-refractivity contribution < 1.29 is 0 Å². The van der Waals surface area contributed by atoms with Crippen LogP contribution in [0.25, 0.3) is 10.9 Å². The maximum atomic E-state index is 6.13. The molecular weight excluding hydrogens is 220 g/mol. The molecule has 1 fully saturated rings. The van der Waals surface area contributed by atoms with Gasteiger partial charge in [-0.1, -0.05) is 19.1 Å². The smallest absolute Gasteiger partial charge is 0.0705 e. The van der Waals surface area contributed by atoms with E-state index in [-0.39, 0.29) is 0 Å². The lowest BCUT2D eigenvalue weighted by molar-refractivity contribution is 0.479. The van der Waals surface area contributed by atoms with Crippen LogP contribution in [0.4, 0.5) is 0 Å². The molecule has 1 aromatic carbocycles. The summed E-state index contributed by atoms with van der Waals surface area (Å²) in [5.41, 5.74) is 9.72. The molecule has 3 rings (SSSR count). The summed E-state index contributed by atoms with van der Waals surface area (Å²) in [7, 11) is 0. The fourth-order valence-electron chi connectivity index (χ4n) is 3.14. The van der Waals surface area contributed by atoms with E-state index in [9.17, 15) is 0 Å². The summed E-state index contributed by atoms with van der Waals surface area (Å²) in [6.07, 6.45) is 2.36. The van der Waals surface area contributed by atoms with Crippen molar-refractivity contribution in [2.45, 2.75) is 38.6 Å². The van der Waals surface area contributed by atoms with Gasteiger partial charge >= 0.3 is 0 Å². The van der Waals surface area contributed by atoms with E-state index < -0.39 is 0 Å². The quantitative estimate of drug-likeness (QED) is 0.830. The number of aryl methyl sites for hydroxylation is 1. The third-order valence-electron chi connectivity index (χ3n) is 4.40. The molecule has 1 aliphatic rings. The van der Waals surface area contributed by atoms with E-state index in [0.717, 1.165) is 17.6 Å². The van der Waals surface area contributed by atoms with E-state index >= 15 is 0 Å². The molecule has 1 aliphatic carbocycles. The number of pyridine rings is 1. The zero-order valence-electron chi connectivity index (χ0n) is 11.1. The van der Waals surface area contributed by atoms with Gasteiger partial charge in [0.2, 0.25) is 0 Å². The molecule has 2 nitrogen and oxygen atoms in total. The van der Waals surface area contributed by atoms with E-state index in [1.165, 1.54) is 17.4 Å². The minimum atomic E-state index is 0.363. The first-order chi connectivity index (χ1) is 8.65. The van der Waals surface area contributed by atoms with Crippen LogP contribution < -0.4 is 5.73 Å². The van der Waals surface area contributed by atoms with E-state index in [4.69, 9.17) is 5.73 Å². The van der Waals surface area contributed by atoms with Gasteiger partial charge in [0.15, 0.2) is 0 Å². The van der Waals surface area contributed by atoms with Crippen LogP contribution in [0, 0.1) is 12.8 Å². The molecule has 2 N–H and O–H groups in total. The number of aromatic nitrogens is 1. The van der Waals surface area contributed by atoms with Crippen molar-refractivity contribution >= 4 is 10.9 Å². The van der Waals surface area contributed by atoms with Crippen molar-refractivity contribution in [1.82, 2.24) is 4.98 Å². The summed E-state index contributed by atoms with van der Waals surface area (Å²) >= 11 is 0. The maximum Gasteiger partial charge on any atom is 0.0705 e. The van der Waals surface area contributed by atoms with Crippen molar-refractivity contribution in [3.05, 3.63) is 41.6 Å². The van der Waals surface area contributed by atoms with Crippen LogP contribution >= 0.6 is 0 Å². The summed E-state index contributed by atoms with van der Waals surface area (Å²) < 4.78 is 0. The van der Waals surface area contributed by atoms with Crippen LogP contribution in [0.5, 0.6) is 0 Å². The van der Waals surface area contributed by atoms with Crippen molar-refractivity contribution in [2.75, 3.05) is 0 Å². The maximum absolute atomic E-state index is 6.13. The van der Waals surface area contributed by atoms with Gasteiger partial charge < -0.3 is 5.73 Å². The molecule has 0 radical (unpaired) electrons. The van der Waals surface area contributed by atoms with Gasteiger partial charge in [-0.05, 0) is 55.4 Å². The largest absolute Gasteiger partial charge is 0.327 e. The monoisotopic (exact) mass is 240 g/mol. The highest BCUT2D eigenvalue weighted by atomic mass is 14.7. The third-order valence-corrected chi connectivity index (χ3v) is 4.40. The first kappa shape index (κ1) is 11.7. The highest BCUT2D eigenvalue weighted by Crippen LogP contribution is 2.39. The van der Waals surface area contributed by atoms with Gasteiger partial charge in [0.25, 0.3) is 0 Å². The lowest BCUT2D eigenvalue weighted by atomic mass is 9.88. The molecule has 0 amide bonds. The predicted molar refractivity (Wildman–Crippen MR) is 75.6 cm³/mol. The number of benzene rings is 1. The Labute approximate surface area is 108 Å². The summed E-state index contributed by atoms with van der Waals surface area (Å²) in [6.45, 7) is 4.31. The number of nitrogens with two attached hydrogens (primary N) is 1. The number of hydrogen-bond acceptors (Lipinski definition) is 2. The molecule has 0 spiro atoms. The fraction of sp³-hybridized carbons (Fsp3) is 0.438. The SMILES string of the molecule is Cc1ccc2cc(C3CCC(N)C3C)ccc2n1. The Bertz CT molecular complexity index is 576. The Kier molecular flexibility index (Phi) is 2.83. The second kappa shape index (κ2) is 4.36. The molecule has 94 valence electrons. The summed E-state index contributed by atoms with van der Waals surface area (Å²) in [4.78, 5) is 4.55. The summed E-state index contributed by atoms with van der Waals surface area (Å²) in [5.74, 6) is 1.20. The summed E-state index contributed by atoms with van der Waals surface area (Å²) in [6, 6.07) is 11.3.